The minimum absolute atomic E-state index is 0.0745. The summed E-state index contributed by atoms with van der Waals surface area (Å²) >= 11 is 0. The molecule has 9 unspecified atom stereocenters. The first-order valence-corrected chi connectivity index (χ1v) is 13.1. The zero-order valence-electron chi connectivity index (χ0n) is 21.4. The van der Waals surface area contributed by atoms with Crippen LogP contribution >= 0.6 is 0 Å². The molecule has 0 radical (unpaired) electrons. The van der Waals surface area contributed by atoms with Crippen LogP contribution in [-0.2, 0) is 19.1 Å². The van der Waals surface area contributed by atoms with Gasteiger partial charge in [0.15, 0.2) is 11.4 Å². The molecule has 3 saturated carbocycles. The number of ketones is 1. The molecule has 3 N–H and O–H groups in total. The minimum atomic E-state index is -1.11. The summed E-state index contributed by atoms with van der Waals surface area (Å²) < 4.78 is 11.8. The summed E-state index contributed by atoms with van der Waals surface area (Å²) in [5.74, 6) is 0.429. The Balaban J connectivity index is 1.60. The third-order valence-corrected chi connectivity index (χ3v) is 10.1. The molecule has 0 aromatic carbocycles. The van der Waals surface area contributed by atoms with Gasteiger partial charge in [0.2, 0.25) is 0 Å². The van der Waals surface area contributed by atoms with Gasteiger partial charge in [0, 0.05) is 18.9 Å². The molecular weight excluding hydrogens is 434 g/mol. The van der Waals surface area contributed by atoms with Crippen LogP contribution in [0.3, 0.4) is 0 Å². The smallest absolute Gasteiger partial charge is 0.339 e. The quantitative estimate of drug-likeness (QED) is 0.484. The molecule has 0 aromatic heterocycles. The summed E-state index contributed by atoms with van der Waals surface area (Å²) in [4.78, 5) is 25.7. The van der Waals surface area contributed by atoms with Crippen molar-refractivity contribution < 1.29 is 29.3 Å². The van der Waals surface area contributed by atoms with E-state index < -0.39 is 23.2 Å². The number of carbonyl (C=O) groups excluding carboxylic acids is 2. The van der Waals surface area contributed by atoms with E-state index in [0.717, 1.165) is 25.7 Å². The normalized spacial score (nSPS) is 43.3. The standard InChI is InChI=1S/C27H43NO6/c1-6-28-21(16(2)29)15-34-24(32)27(33-5)12-10-20-19-8-7-17-13-18(30)9-11-25(17,3)23(19)22(31)14-26(20,27)4/h13,16,19-23,28-29,31H,6-12,14-15H2,1-5H3. The lowest BCUT2D eigenvalue weighted by Crippen LogP contribution is -2.62. The van der Waals surface area contributed by atoms with Crippen molar-refractivity contribution in [2.75, 3.05) is 20.3 Å². The first-order chi connectivity index (χ1) is 16.0. The Kier molecular flexibility index (Phi) is 7.06. The number of allylic oxidation sites excluding steroid dienone is 1. The second kappa shape index (κ2) is 9.30. The van der Waals surface area contributed by atoms with E-state index in [1.54, 1.807) is 14.0 Å². The summed E-state index contributed by atoms with van der Waals surface area (Å²) in [5, 5.41) is 24.8. The molecule has 7 heteroatoms. The SMILES string of the molecule is CCNC(COC(=O)C1(OC)CCC2C3CCC4=CC(=O)CCC4(C)C3C(O)CC21C)C(C)O. The molecule has 0 heterocycles. The maximum Gasteiger partial charge on any atom is 0.339 e. The Morgan fingerprint density at radius 1 is 1.26 bits per heavy atom. The van der Waals surface area contributed by atoms with E-state index >= 15 is 0 Å². The van der Waals surface area contributed by atoms with Crippen LogP contribution in [0.4, 0.5) is 0 Å². The Morgan fingerprint density at radius 2 is 2.00 bits per heavy atom. The number of methoxy groups -OCH3 is 1. The number of fused-ring (bicyclic) bond motifs is 5. The van der Waals surface area contributed by atoms with Gasteiger partial charge < -0.3 is 25.0 Å². The molecule has 0 spiro atoms. The molecule has 4 rings (SSSR count). The van der Waals surface area contributed by atoms with E-state index in [-0.39, 0.29) is 47.6 Å². The van der Waals surface area contributed by atoms with Gasteiger partial charge >= 0.3 is 5.97 Å². The van der Waals surface area contributed by atoms with Crippen LogP contribution < -0.4 is 5.32 Å². The van der Waals surface area contributed by atoms with Gasteiger partial charge in [-0.15, -0.1) is 0 Å². The molecule has 0 amide bonds. The fourth-order valence-corrected chi connectivity index (χ4v) is 8.34. The number of hydrogen-bond donors (Lipinski definition) is 3. The molecule has 4 aliphatic carbocycles. The molecule has 0 saturated heterocycles. The predicted octanol–water partition coefficient (Wildman–Crippen LogP) is 2.78. The van der Waals surface area contributed by atoms with Crippen LogP contribution in [-0.4, -0.2) is 66.1 Å². The monoisotopic (exact) mass is 477 g/mol. The van der Waals surface area contributed by atoms with Crippen LogP contribution in [0.25, 0.3) is 0 Å². The Labute approximate surface area is 203 Å². The fraction of sp³-hybridized carbons (Fsp3) is 0.852. The highest BCUT2D eigenvalue weighted by atomic mass is 16.6. The fourth-order valence-electron chi connectivity index (χ4n) is 8.34. The number of aliphatic hydroxyl groups is 2. The van der Waals surface area contributed by atoms with Crippen molar-refractivity contribution in [2.45, 2.75) is 96.5 Å². The molecule has 9 atom stereocenters. The van der Waals surface area contributed by atoms with Crippen molar-refractivity contribution in [1.29, 1.82) is 0 Å². The van der Waals surface area contributed by atoms with Gasteiger partial charge in [-0.05, 0) is 81.2 Å². The van der Waals surface area contributed by atoms with Crippen LogP contribution in [0.15, 0.2) is 11.6 Å². The van der Waals surface area contributed by atoms with E-state index in [1.807, 2.05) is 13.0 Å². The summed E-state index contributed by atoms with van der Waals surface area (Å²) in [6.45, 7) is 8.71. The van der Waals surface area contributed by atoms with Crippen molar-refractivity contribution in [3.05, 3.63) is 11.6 Å². The predicted molar refractivity (Wildman–Crippen MR) is 128 cm³/mol. The zero-order chi connectivity index (χ0) is 24.9. The molecular formula is C27H43NO6. The highest BCUT2D eigenvalue weighted by Crippen LogP contribution is 2.68. The van der Waals surface area contributed by atoms with Crippen LogP contribution in [0, 0.1) is 28.6 Å². The summed E-state index contributed by atoms with van der Waals surface area (Å²) in [6.07, 6.45) is 5.67. The number of nitrogens with one attached hydrogen (secondary N) is 1. The van der Waals surface area contributed by atoms with Gasteiger partial charge in [-0.1, -0.05) is 26.3 Å². The molecule has 192 valence electrons. The zero-order valence-corrected chi connectivity index (χ0v) is 21.4. The first kappa shape index (κ1) is 25.8. The highest BCUT2D eigenvalue weighted by molar-refractivity contribution is 5.91. The lowest BCUT2D eigenvalue weighted by molar-refractivity contribution is -0.207. The lowest BCUT2D eigenvalue weighted by atomic mass is 9.45. The number of ether oxygens (including phenoxy) is 2. The van der Waals surface area contributed by atoms with E-state index in [0.29, 0.717) is 25.8 Å². The summed E-state index contributed by atoms with van der Waals surface area (Å²) in [5.41, 5.74) is -0.610. The van der Waals surface area contributed by atoms with Gasteiger partial charge in [-0.2, -0.15) is 0 Å². The average Bonchev–Trinajstić information content (AvgIpc) is 3.09. The highest BCUT2D eigenvalue weighted by Gasteiger charge is 2.70. The van der Waals surface area contributed by atoms with Crippen LogP contribution in [0.1, 0.15) is 72.6 Å². The van der Waals surface area contributed by atoms with Crippen LogP contribution in [0.5, 0.6) is 0 Å². The van der Waals surface area contributed by atoms with Crippen molar-refractivity contribution in [1.82, 2.24) is 5.32 Å². The van der Waals surface area contributed by atoms with E-state index in [9.17, 15) is 19.8 Å². The number of rotatable bonds is 7. The van der Waals surface area contributed by atoms with Gasteiger partial charge in [0.25, 0.3) is 0 Å². The lowest BCUT2D eigenvalue weighted by Gasteiger charge is -2.60. The Bertz CT molecular complexity index is 841. The van der Waals surface area contributed by atoms with E-state index in [4.69, 9.17) is 9.47 Å². The van der Waals surface area contributed by atoms with E-state index in [1.165, 1.54) is 5.57 Å². The third kappa shape index (κ3) is 3.78. The largest absolute Gasteiger partial charge is 0.462 e. The molecule has 34 heavy (non-hydrogen) atoms. The number of likely N-dealkylation sites (N-methyl/N-ethyl adjacent to an activating group) is 1. The maximum absolute atomic E-state index is 13.6. The van der Waals surface area contributed by atoms with Gasteiger partial charge in [-0.25, -0.2) is 4.79 Å². The minimum Gasteiger partial charge on any atom is -0.462 e. The average molecular weight is 478 g/mol. The molecule has 0 aliphatic heterocycles. The van der Waals surface area contributed by atoms with Crippen molar-refractivity contribution >= 4 is 11.8 Å². The summed E-state index contributed by atoms with van der Waals surface area (Å²) in [7, 11) is 1.58. The Hall–Kier alpha value is -1.28. The van der Waals surface area contributed by atoms with Gasteiger partial charge in [0.1, 0.15) is 6.61 Å². The van der Waals surface area contributed by atoms with Crippen LogP contribution in [0.2, 0.25) is 0 Å². The number of esters is 1. The Morgan fingerprint density at radius 3 is 2.65 bits per heavy atom. The molecule has 0 bridgehead atoms. The number of carbonyl (C=O) groups is 2. The van der Waals surface area contributed by atoms with E-state index in [2.05, 4.69) is 19.2 Å². The van der Waals surface area contributed by atoms with Crippen molar-refractivity contribution in [3.8, 4) is 0 Å². The third-order valence-electron chi connectivity index (χ3n) is 10.1. The topological polar surface area (TPSA) is 105 Å². The molecule has 0 aromatic rings. The van der Waals surface area contributed by atoms with Crippen molar-refractivity contribution in [2.24, 2.45) is 28.6 Å². The molecule has 7 nitrogen and oxygen atoms in total. The second-order valence-electron chi connectivity index (χ2n) is 11.7. The number of hydrogen-bond acceptors (Lipinski definition) is 7. The maximum atomic E-state index is 13.6. The second-order valence-corrected chi connectivity index (χ2v) is 11.7. The molecule has 3 fully saturated rings. The van der Waals surface area contributed by atoms with Crippen molar-refractivity contribution in [3.63, 3.8) is 0 Å². The molecule has 4 aliphatic rings. The number of aliphatic hydroxyl groups excluding tert-OH is 2. The van der Waals surface area contributed by atoms with Gasteiger partial charge in [0.05, 0.1) is 18.2 Å². The summed E-state index contributed by atoms with van der Waals surface area (Å²) in [6, 6.07) is -0.341. The van der Waals surface area contributed by atoms with Gasteiger partial charge in [-0.3, -0.25) is 4.79 Å². The first-order valence-electron chi connectivity index (χ1n) is 13.1.